The molecule has 17 heavy (non-hydrogen) atoms. The predicted octanol–water partition coefficient (Wildman–Crippen LogP) is -0.0786. The Kier molecular flexibility index (Phi) is 2.08. The fourth-order valence-corrected chi connectivity index (χ4v) is 2.36. The van der Waals surface area contributed by atoms with Crippen LogP contribution in [0.2, 0.25) is 0 Å². The molecule has 6 heteroatoms. The fraction of sp³-hybridized carbons (Fsp3) is 0.636. The van der Waals surface area contributed by atoms with Crippen LogP contribution in [-0.4, -0.2) is 27.9 Å². The monoisotopic (exact) mass is 238 g/mol. The lowest BCUT2D eigenvalue weighted by molar-refractivity contribution is -0.206. The van der Waals surface area contributed by atoms with Crippen LogP contribution in [0.15, 0.2) is 15.8 Å². The summed E-state index contributed by atoms with van der Waals surface area (Å²) in [5.74, 6) is 0. The van der Waals surface area contributed by atoms with Crippen molar-refractivity contribution in [3.63, 3.8) is 0 Å². The van der Waals surface area contributed by atoms with E-state index in [0.29, 0.717) is 18.6 Å². The first-order valence-corrected chi connectivity index (χ1v) is 5.61. The molecule has 0 unspecified atom stereocenters. The minimum atomic E-state index is -0.435. The molecule has 0 bridgehead atoms. The quantitative estimate of drug-likeness (QED) is 0.742. The van der Waals surface area contributed by atoms with Gasteiger partial charge in [-0.1, -0.05) is 0 Å². The van der Waals surface area contributed by atoms with Gasteiger partial charge < -0.3 is 9.47 Å². The maximum Gasteiger partial charge on any atom is 0.330 e. The van der Waals surface area contributed by atoms with E-state index in [1.165, 1.54) is 4.57 Å². The van der Waals surface area contributed by atoms with E-state index in [-0.39, 0.29) is 23.5 Å². The lowest BCUT2D eigenvalue weighted by atomic mass is 9.92. The summed E-state index contributed by atoms with van der Waals surface area (Å²) in [5, 5.41) is 0. The van der Waals surface area contributed by atoms with Crippen molar-refractivity contribution in [3.05, 3.63) is 32.6 Å². The highest BCUT2D eigenvalue weighted by atomic mass is 16.6. The van der Waals surface area contributed by atoms with Crippen molar-refractivity contribution >= 4 is 0 Å². The third-order valence-electron chi connectivity index (χ3n) is 3.60. The van der Waals surface area contributed by atoms with Crippen LogP contribution in [0, 0.1) is 6.92 Å². The minimum absolute atomic E-state index is 0.0478. The fourth-order valence-electron chi connectivity index (χ4n) is 2.36. The molecule has 2 fully saturated rings. The molecule has 2 saturated heterocycles. The molecule has 3 atom stereocenters. The van der Waals surface area contributed by atoms with Gasteiger partial charge in [-0.15, -0.1) is 0 Å². The summed E-state index contributed by atoms with van der Waals surface area (Å²) in [7, 11) is 0. The minimum Gasteiger partial charge on any atom is -0.369 e. The van der Waals surface area contributed by atoms with Gasteiger partial charge >= 0.3 is 5.69 Å². The number of rotatable bonds is 1. The van der Waals surface area contributed by atoms with E-state index < -0.39 is 5.69 Å². The van der Waals surface area contributed by atoms with Crippen molar-refractivity contribution in [2.45, 2.75) is 38.2 Å². The predicted molar refractivity (Wildman–Crippen MR) is 58.9 cm³/mol. The normalized spacial score (nSPS) is 35.4. The zero-order valence-corrected chi connectivity index (χ0v) is 9.73. The van der Waals surface area contributed by atoms with Crippen molar-refractivity contribution in [2.24, 2.45) is 0 Å². The molecular formula is C11H14N2O4. The van der Waals surface area contributed by atoms with E-state index in [9.17, 15) is 9.59 Å². The second-order valence-electron chi connectivity index (χ2n) is 4.89. The van der Waals surface area contributed by atoms with Crippen molar-refractivity contribution < 1.29 is 9.47 Å². The second kappa shape index (κ2) is 3.30. The van der Waals surface area contributed by atoms with Crippen LogP contribution in [0.25, 0.3) is 0 Å². The highest BCUT2D eigenvalue weighted by Gasteiger charge is 2.54. The van der Waals surface area contributed by atoms with Crippen molar-refractivity contribution in [1.82, 2.24) is 9.55 Å². The molecule has 1 N–H and O–H groups in total. The summed E-state index contributed by atoms with van der Waals surface area (Å²) in [6.45, 7) is 4.21. The van der Waals surface area contributed by atoms with Gasteiger partial charge in [0.1, 0.15) is 12.3 Å². The van der Waals surface area contributed by atoms with E-state index in [2.05, 4.69) is 4.98 Å². The number of ether oxygens (including phenoxy) is 2. The molecular weight excluding hydrogens is 224 g/mol. The number of aromatic nitrogens is 2. The van der Waals surface area contributed by atoms with Crippen LogP contribution in [0.4, 0.5) is 0 Å². The zero-order valence-electron chi connectivity index (χ0n) is 9.73. The highest BCUT2D eigenvalue weighted by Crippen LogP contribution is 2.44. The molecule has 2 aliphatic rings. The Morgan fingerprint density at radius 3 is 2.82 bits per heavy atom. The number of aryl methyl sites for hydroxylation is 1. The number of aromatic amines is 1. The average Bonchev–Trinajstić information content (AvgIpc) is 2.48. The van der Waals surface area contributed by atoms with Crippen molar-refractivity contribution in [3.8, 4) is 0 Å². The summed E-state index contributed by atoms with van der Waals surface area (Å²) >= 11 is 0. The third kappa shape index (κ3) is 1.48. The van der Waals surface area contributed by atoms with Gasteiger partial charge in [-0.2, -0.15) is 0 Å². The molecule has 0 saturated carbocycles. The molecule has 0 spiro atoms. The third-order valence-corrected chi connectivity index (χ3v) is 3.60. The number of nitrogens with one attached hydrogen (secondary N) is 1. The van der Waals surface area contributed by atoms with E-state index in [1.54, 1.807) is 13.1 Å². The van der Waals surface area contributed by atoms with Crippen LogP contribution in [0.3, 0.4) is 0 Å². The lowest BCUT2D eigenvalue weighted by Crippen LogP contribution is -2.52. The van der Waals surface area contributed by atoms with Crippen molar-refractivity contribution in [1.29, 1.82) is 0 Å². The van der Waals surface area contributed by atoms with Gasteiger partial charge in [0.15, 0.2) is 0 Å². The number of hydrogen-bond acceptors (Lipinski definition) is 4. The highest BCUT2D eigenvalue weighted by molar-refractivity contribution is 5.05. The molecule has 2 aliphatic heterocycles. The van der Waals surface area contributed by atoms with Crippen LogP contribution in [0.5, 0.6) is 0 Å². The lowest BCUT2D eigenvalue weighted by Gasteiger charge is -2.39. The Hall–Kier alpha value is -1.40. The SMILES string of the molecule is Cc1cn([C@@H]2C[C@@]3(C)OC[C@H]3O2)c(=O)[nH]c1=O. The zero-order chi connectivity index (χ0) is 12.2. The molecule has 1 aromatic heterocycles. The average molecular weight is 238 g/mol. The van der Waals surface area contributed by atoms with E-state index in [0.717, 1.165) is 0 Å². The molecule has 3 heterocycles. The maximum absolute atomic E-state index is 11.7. The molecule has 3 rings (SSSR count). The van der Waals surface area contributed by atoms with Gasteiger partial charge in [0, 0.05) is 18.2 Å². The van der Waals surface area contributed by atoms with E-state index in [4.69, 9.17) is 9.47 Å². The Balaban J connectivity index is 1.98. The largest absolute Gasteiger partial charge is 0.369 e. The van der Waals surface area contributed by atoms with Crippen LogP contribution >= 0.6 is 0 Å². The first-order valence-electron chi connectivity index (χ1n) is 5.61. The molecule has 6 nitrogen and oxygen atoms in total. The Morgan fingerprint density at radius 2 is 2.29 bits per heavy atom. The summed E-state index contributed by atoms with van der Waals surface area (Å²) in [4.78, 5) is 25.3. The maximum atomic E-state index is 11.7. The van der Waals surface area contributed by atoms with Gasteiger partial charge in [0.25, 0.3) is 5.56 Å². The van der Waals surface area contributed by atoms with Gasteiger partial charge in [0.2, 0.25) is 0 Å². The molecule has 0 aromatic carbocycles. The molecule has 0 radical (unpaired) electrons. The summed E-state index contributed by atoms with van der Waals surface area (Å²) in [6, 6.07) is 0. The standard InChI is InChI=1S/C11H14N2O4/c1-6-4-13(10(15)12-9(6)14)8-3-11(2)7(17-8)5-16-11/h4,7-8H,3,5H2,1-2H3,(H,12,14,15)/t7-,8+,11-/m1/s1. The number of nitrogens with zero attached hydrogens (tertiary/aromatic N) is 1. The Bertz CT molecular complexity index is 576. The smallest absolute Gasteiger partial charge is 0.330 e. The van der Waals surface area contributed by atoms with Gasteiger partial charge in [-0.3, -0.25) is 14.3 Å². The molecule has 0 aliphatic carbocycles. The van der Waals surface area contributed by atoms with E-state index >= 15 is 0 Å². The van der Waals surface area contributed by atoms with Crippen molar-refractivity contribution in [2.75, 3.05) is 6.61 Å². The topological polar surface area (TPSA) is 73.3 Å². The Morgan fingerprint density at radius 1 is 1.53 bits per heavy atom. The van der Waals surface area contributed by atoms with Gasteiger partial charge in [0.05, 0.1) is 12.2 Å². The van der Waals surface area contributed by atoms with Crippen LogP contribution in [-0.2, 0) is 9.47 Å². The summed E-state index contributed by atoms with van der Waals surface area (Å²) in [6.07, 6.45) is 1.87. The second-order valence-corrected chi connectivity index (χ2v) is 4.89. The first-order chi connectivity index (χ1) is 7.99. The number of H-pyrrole nitrogens is 1. The molecule has 1 aromatic rings. The van der Waals surface area contributed by atoms with Crippen LogP contribution < -0.4 is 11.2 Å². The summed E-state index contributed by atoms with van der Waals surface area (Å²) in [5.41, 5.74) is -0.572. The number of hydrogen-bond donors (Lipinski definition) is 1. The van der Waals surface area contributed by atoms with Gasteiger partial charge in [-0.05, 0) is 13.8 Å². The molecule has 92 valence electrons. The molecule has 0 amide bonds. The van der Waals surface area contributed by atoms with E-state index in [1.807, 2.05) is 6.92 Å². The van der Waals surface area contributed by atoms with Crippen LogP contribution in [0.1, 0.15) is 25.1 Å². The number of fused-ring (bicyclic) bond motifs is 1. The summed E-state index contributed by atoms with van der Waals surface area (Å²) < 4.78 is 12.7. The first kappa shape index (κ1) is 10.7. The van der Waals surface area contributed by atoms with Gasteiger partial charge in [-0.25, -0.2) is 4.79 Å². The Labute approximate surface area is 97.2 Å².